The summed E-state index contributed by atoms with van der Waals surface area (Å²) in [4.78, 5) is 52.8. The normalized spacial score (nSPS) is 9.31. The van der Waals surface area contributed by atoms with Gasteiger partial charge in [-0.2, -0.15) is 0 Å². The number of rotatable bonds is 7. The van der Waals surface area contributed by atoms with Crippen molar-refractivity contribution in [2.24, 2.45) is 5.73 Å². The third kappa shape index (κ3) is 10.5. The van der Waals surface area contributed by atoms with Crippen molar-refractivity contribution in [3.63, 3.8) is 0 Å². The molecule has 2 aromatic rings. The lowest BCUT2D eigenvalue weighted by molar-refractivity contribution is -0.385. The number of carbonyl (C=O) groups excluding carboxylic acids is 2. The van der Waals surface area contributed by atoms with Gasteiger partial charge in [0.2, 0.25) is 5.75 Å². The van der Waals surface area contributed by atoms with Crippen molar-refractivity contribution in [1.82, 2.24) is 10.6 Å². The quantitative estimate of drug-likeness (QED) is 0.108. The number of nitro benzene ring substituents is 1. The fourth-order valence-electron chi connectivity index (χ4n) is 2.11. The first-order valence-electron chi connectivity index (χ1n) is 9.61. The van der Waals surface area contributed by atoms with Crippen molar-refractivity contribution < 1.29 is 44.5 Å². The van der Waals surface area contributed by atoms with Gasteiger partial charge in [-0.25, -0.2) is 0 Å². The Morgan fingerprint density at radius 1 is 0.886 bits per heavy atom. The van der Waals surface area contributed by atoms with E-state index in [1.807, 2.05) is 12.2 Å². The number of hydrogen-bond acceptors (Lipinski definition) is 10. The Morgan fingerprint density at radius 2 is 1.29 bits per heavy atom. The molecule has 35 heavy (non-hydrogen) atoms. The zero-order valence-corrected chi connectivity index (χ0v) is 18.4. The highest BCUT2D eigenvalue weighted by Crippen LogP contribution is 2.29. The predicted octanol–water partition coefficient (Wildman–Crippen LogP) is -0.131. The number of nitrogens with zero attached hydrogens (tertiary/aromatic N) is 1. The van der Waals surface area contributed by atoms with Gasteiger partial charge in [-0.05, 0) is 24.7 Å². The first kappa shape index (κ1) is 30.1. The number of phenols is 2. The van der Waals surface area contributed by atoms with E-state index in [1.165, 1.54) is 24.3 Å². The van der Waals surface area contributed by atoms with E-state index in [1.54, 1.807) is 0 Å². The standard InChI is InChI=1S/C9H8N2O6.C9H10N2O4.C2H7N/c12-7(13)4-10-9(15)5-2-1-3-6(8(5)14)11(16)17;10-6-3-1-2-5(8(6)14)9(15)11-4-7(12)13;1-2-3/h1-3,14H,4H2,(H,10,15)(H,12,13);1-3,14H,4,10H2,(H,11,15)(H,12,13);2-3H2,1H3. The maximum Gasteiger partial charge on any atom is 0.322 e. The Labute approximate surface area is 198 Å². The molecule has 15 heteroatoms. The van der Waals surface area contributed by atoms with E-state index < -0.39 is 53.2 Å². The average molecular weight is 495 g/mol. The lowest BCUT2D eigenvalue weighted by Gasteiger charge is -2.06. The van der Waals surface area contributed by atoms with Crippen molar-refractivity contribution >= 4 is 35.1 Å². The number of nitro groups is 1. The summed E-state index contributed by atoms with van der Waals surface area (Å²) in [6, 6.07) is 7.67. The second-order valence-electron chi connectivity index (χ2n) is 6.23. The molecule has 0 unspecified atom stereocenters. The summed E-state index contributed by atoms with van der Waals surface area (Å²) in [5.41, 5.74) is 9.27. The summed E-state index contributed by atoms with van der Waals surface area (Å²) in [6.07, 6.45) is 0. The molecular weight excluding hydrogens is 470 g/mol. The number of para-hydroxylation sites is 2. The Morgan fingerprint density at radius 3 is 1.69 bits per heavy atom. The first-order valence-corrected chi connectivity index (χ1v) is 9.61. The molecule has 0 fully saturated rings. The number of carboxylic acids is 2. The minimum Gasteiger partial charge on any atom is -0.505 e. The van der Waals surface area contributed by atoms with Crippen LogP contribution in [0.4, 0.5) is 11.4 Å². The summed E-state index contributed by atoms with van der Waals surface area (Å²) in [6.45, 7) is 1.51. The first-order chi connectivity index (χ1) is 16.4. The topological polar surface area (TPSA) is 268 Å². The molecule has 0 heterocycles. The Hall–Kier alpha value is -4.92. The lowest BCUT2D eigenvalue weighted by atomic mass is 10.1. The van der Waals surface area contributed by atoms with Gasteiger partial charge in [0.15, 0.2) is 5.75 Å². The minimum absolute atomic E-state index is 0.0451. The predicted molar refractivity (Wildman–Crippen MR) is 122 cm³/mol. The maximum absolute atomic E-state index is 11.4. The molecular formula is C20H25N5O10. The Kier molecular flexibility index (Phi) is 12.9. The highest BCUT2D eigenvalue weighted by molar-refractivity contribution is 6.00. The Balaban J connectivity index is 0.000000597. The molecule has 0 aliphatic carbocycles. The number of nitrogen functional groups attached to an aromatic ring is 1. The molecule has 0 radical (unpaired) electrons. The van der Waals surface area contributed by atoms with E-state index in [0.717, 1.165) is 18.7 Å². The van der Waals surface area contributed by atoms with Crippen LogP contribution in [0.5, 0.6) is 11.5 Å². The van der Waals surface area contributed by atoms with Gasteiger partial charge in [0.25, 0.3) is 11.8 Å². The molecule has 0 saturated heterocycles. The summed E-state index contributed by atoms with van der Waals surface area (Å²) in [7, 11) is 0. The minimum atomic E-state index is -1.26. The molecule has 2 aromatic carbocycles. The molecule has 0 atom stereocenters. The molecule has 10 N–H and O–H groups in total. The van der Waals surface area contributed by atoms with Gasteiger partial charge < -0.3 is 42.5 Å². The van der Waals surface area contributed by atoms with Crippen LogP contribution in [0.15, 0.2) is 36.4 Å². The summed E-state index contributed by atoms with van der Waals surface area (Å²) < 4.78 is 0. The highest BCUT2D eigenvalue weighted by Gasteiger charge is 2.21. The van der Waals surface area contributed by atoms with E-state index in [9.17, 15) is 39.5 Å². The fraction of sp³-hybridized carbons (Fsp3) is 0.200. The molecule has 15 nitrogen and oxygen atoms in total. The molecule has 190 valence electrons. The zero-order valence-electron chi connectivity index (χ0n) is 18.4. The number of nitrogens with one attached hydrogen (secondary N) is 2. The van der Waals surface area contributed by atoms with Crippen LogP contribution in [-0.4, -0.2) is 68.7 Å². The van der Waals surface area contributed by atoms with Crippen LogP contribution >= 0.6 is 0 Å². The summed E-state index contributed by atoms with van der Waals surface area (Å²) in [5.74, 6) is -5.13. The molecule has 0 aliphatic rings. The number of hydrogen-bond donors (Lipinski definition) is 8. The lowest BCUT2D eigenvalue weighted by Crippen LogP contribution is -2.29. The van der Waals surface area contributed by atoms with E-state index in [2.05, 4.69) is 5.32 Å². The molecule has 2 amide bonds. The SMILES string of the molecule is CCN.Nc1cccc(C(=O)NCC(=O)O)c1O.O=C(O)CNC(=O)c1cccc([N+](=O)[O-])c1O. The van der Waals surface area contributed by atoms with Crippen LogP contribution in [-0.2, 0) is 9.59 Å². The average Bonchev–Trinajstić information content (AvgIpc) is 2.78. The smallest absolute Gasteiger partial charge is 0.322 e. The third-order valence-corrected chi connectivity index (χ3v) is 3.57. The van der Waals surface area contributed by atoms with E-state index >= 15 is 0 Å². The molecule has 0 bridgehead atoms. The van der Waals surface area contributed by atoms with Gasteiger partial charge in [-0.3, -0.25) is 29.3 Å². The van der Waals surface area contributed by atoms with Gasteiger partial charge >= 0.3 is 17.6 Å². The summed E-state index contributed by atoms with van der Waals surface area (Å²) >= 11 is 0. The summed E-state index contributed by atoms with van der Waals surface area (Å²) in [5, 5.41) is 50.1. The molecule has 2 rings (SSSR count). The van der Waals surface area contributed by atoms with Crippen LogP contribution in [0.25, 0.3) is 0 Å². The van der Waals surface area contributed by atoms with Gasteiger partial charge in [0, 0.05) is 6.07 Å². The van der Waals surface area contributed by atoms with Crippen LogP contribution in [0.3, 0.4) is 0 Å². The van der Waals surface area contributed by atoms with E-state index in [4.69, 9.17) is 21.7 Å². The van der Waals surface area contributed by atoms with Gasteiger partial charge in [0.05, 0.1) is 21.7 Å². The van der Waals surface area contributed by atoms with Crippen LogP contribution in [0.1, 0.15) is 27.6 Å². The number of aromatic hydroxyl groups is 2. The number of anilines is 1. The Bertz CT molecular complexity index is 1070. The maximum atomic E-state index is 11.4. The third-order valence-electron chi connectivity index (χ3n) is 3.57. The van der Waals surface area contributed by atoms with Crippen molar-refractivity contribution in [3.05, 3.63) is 57.6 Å². The zero-order chi connectivity index (χ0) is 27.1. The van der Waals surface area contributed by atoms with Gasteiger partial charge in [-0.15, -0.1) is 0 Å². The number of carbonyl (C=O) groups is 4. The number of benzene rings is 2. The number of nitrogens with two attached hydrogens (primary N) is 2. The fourth-order valence-corrected chi connectivity index (χ4v) is 2.11. The van der Waals surface area contributed by atoms with E-state index in [-0.39, 0.29) is 22.6 Å². The molecule has 0 aliphatic heterocycles. The second-order valence-corrected chi connectivity index (χ2v) is 6.23. The van der Waals surface area contributed by atoms with Crippen molar-refractivity contribution in [1.29, 1.82) is 0 Å². The van der Waals surface area contributed by atoms with Crippen LogP contribution < -0.4 is 22.1 Å². The number of carboxylic acid groups (broad SMARTS) is 2. The largest absolute Gasteiger partial charge is 0.505 e. The van der Waals surface area contributed by atoms with Crippen molar-refractivity contribution in [3.8, 4) is 11.5 Å². The highest BCUT2D eigenvalue weighted by atomic mass is 16.6. The van der Waals surface area contributed by atoms with Gasteiger partial charge in [0.1, 0.15) is 13.1 Å². The molecule has 0 aromatic heterocycles. The monoisotopic (exact) mass is 495 g/mol. The molecule has 0 saturated carbocycles. The van der Waals surface area contributed by atoms with Crippen molar-refractivity contribution in [2.45, 2.75) is 6.92 Å². The number of amides is 2. The van der Waals surface area contributed by atoms with Crippen LogP contribution in [0, 0.1) is 10.1 Å². The van der Waals surface area contributed by atoms with Gasteiger partial charge in [-0.1, -0.05) is 19.1 Å². The molecule has 0 spiro atoms. The van der Waals surface area contributed by atoms with E-state index in [0.29, 0.717) is 0 Å². The second kappa shape index (κ2) is 15.0. The van der Waals surface area contributed by atoms with Crippen LogP contribution in [0.2, 0.25) is 0 Å². The number of aliphatic carboxylic acids is 2. The van der Waals surface area contributed by atoms with Crippen molar-refractivity contribution in [2.75, 3.05) is 25.4 Å². The number of phenolic OH excluding ortho intramolecular Hbond substituents is 2.